The second-order valence-corrected chi connectivity index (χ2v) is 10.6. The van der Waals surface area contributed by atoms with E-state index >= 15 is 0 Å². The van der Waals surface area contributed by atoms with Gasteiger partial charge in [-0.1, -0.05) is 36.2 Å². The van der Waals surface area contributed by atoms with Crippen molar-refractivity contribution in [2.75, 3.05) is 20.2 Å². The van der Waals surface area contributed by atoms with Crippen molar-refractivity contribution in [1.29, 1.82) is 0 Å². The van der Waals surface area contributed by atoms with E-state index in [1.54, 1.807) is 22.6 Å². The van der Waals surface area contributed by atoms with E-state index in [1.165, 1.54) is 13.3 Å². The SMILES string of the molecule is COC(=O)CC1CCN(C(=O)C2C(Cl)=C(Cn3ncc4cc(C(F)(F)F)cc(C)c43)C(Cl)=CC2C)CC1. The van der Waals surface area contributed by atoms with E-state index in [0.717, 1.165) is 12.1 Å². The summed E-state index contributed by atoms with van der Waals surface area (Å²) < 4.78 is 46.1. The quantitative estimate of drug-likeness (QED) is 0.420. The number of allylic oxidation sites excluding steroid dienone is 3. The molecule has 0 bridgehead atoms. The Morgan fingerprint density at radius 1 is 1.19 bits per heavy atom. The van der Waals surface area contributed by atoms with Crippen molar-refractivity contribution in [2.45, 2.75) is 45.8 Å². The van der Waals surface area contributed by atoms with Gasteiger partial charge in [0, 0.05) is 40.5 Å². The molecule has 1 saturated heterocycles. The van der Waals surface area contributed by atoms with Crippen LogP contribution in [0.25, 0.3) is 10.9 Å². The fraction of sp³-hybridized carbons (Fsp3) is 0.500. The van der Waals surface area contributed by atoms with Gasteiger partial charge in [0.05, 0.1) is 36.8 Å². The molecule has 1 amide bonds. The molecule has 0 spiro atoms. The number of carbonyl (C=O) groups excluding carboxylic acids is 2. The highest BCUT2D eigenvalue weighted by Gasteiger charge is 2.38. The van der Waals surface area contributed by atoms with E-state index in [-0.39, 0.29) is 30.3 Å². The van der Waals surface area contributed by atoms with Crippen molar-refractivity contribution in [2.24, 2.45) is 17.8 Å². The Bertz CT molecular complexity index is 1280. The highest BCUT2D eigenvalue weighted by atomic mass is 35.5. The zero-order valence-corrected chi connectivity index (χ0v) is 22.3. The Hall–Kier alpha value is -2.52. The van der Waals surface area contributed by atoms with Crippen LogP contribution in [0.2, 0.25) is 0 Å². The van der Waals surface area contributed by atoms with Crippen LogP contribution in [0, 0.1) is 24.7 Å². The van der Waals surface area contributed by atoms with Crippen molar-refractivity contribution >= 4 is 46.0 Å². The first kappa shape index (κ1) is 27.5. The lowest BCUT2D eigenvalue weighted by Gasteiger charge is -2.36. The molecule has 37 heavy (non-hydrogen) atoms. The molecule has 2 unspecified atom stereocenters. The minimum absolute atomic E-state index is 0.108. The van der Waals surface area contributed by atoms with E-state index < -0.39 is 17.7 Å². The van der Waals surface area contributed by atoms with Crippen LogP contribution >= 0.6 is 23.2 Å². The van der Waals surface area contributed by atoms with Gasteiger partial charge in [0.25, 0.3) is 0 Å². The zero-order valence-electron chi connectivity index (χ0n) is 20.7. The second-order valence-electron chi connectivity index (χ2n) is 9.76. The van der Waals surface area contributed by atoms with Gasteiger partial charge >= 0.3 is 12.1 Å². The van der Waals surface area contributed by atoms with Crippen LogP contribution < -0.4 is 0 Å². The number of ether oxygens (including phenoxy) is 1. The molecule has 1 aliphatic heterocycles. The van der Waals surface area contributed by atoms with E-state index in [0.29, 0.717) is 64.5 Å². The Balaban J connectivity index is 1.57. The van der Waals surface area contributed by atoms with Crippen LogP contribution in [-0.2, 0) is 27.0 Å². The molecule has 0 N–H and O–H groups in total. The maximum absolute atomic E-state index is 13.5. The number of methoxy groups -OCH3 is 1. The molecule has 200 valence electrons. The summed E-state index contributed by atoms with van der Waals surface area (Å²) in [7, 11) is 1.36. The van der Waals surface area contributed by atoms with Crippen LogP contribution in [-0.4, -0.2) is 46.8 Å². The first-order valence-electron chi connectivity index (χ1n) is 12.1. The molecule has 2 atom stereocenters. The molecule has 6 nitrogen and oxygen atoms in total. The van der Waals surface area contributed by atoms with E-state index in [4.69, 9.17) is 27.9 Å². The average Bonchev–Trinajstić information content (AvgIpc) is 3.24. The number of piperidine rings is 1. The smallest absolute Gasteiger partial charge is 0.416 e. The third-order valence-corrected chi connectivity index (χ3v) is 8.04. The molecular formula is C26H28Cl2F3N3O3. The second kappa shape index (κ2) is 10.7. The highest BCUT2D eigenvalue weighted by Crippen LogP contribution is 2.41. The summed E-state index contributed by atoms with van der Waals surface area (Å²) in [6.07, 6.45) is 0.450. The van der Waals surface area contributed by atoms with Gasteiger partial charge < -0.3 is 9.64 Å². The number of rotatable bonds is 5. The van der Waals surface area contributed by atoms with Gasteiger partial charge in [-0.2, -0.15) is 18.3 Å². The van der Waals surface area contributed by atoms with Crippen molar-refractivity contribution in [3.05, 3.63) is 51.2 Å². The van der Waals surface area contributed by atoms with Crippen LogP contribution in [0.1, 0.15) is 37.3 Å². The highest BCUT2D eigenvalue weighted by molar-refractivity contribution is 6.37. The molecule has 0 radical (unpaired) electrons. The lowest BCUT2D eigenvalue weighted by molar-refractivity contribution is -0.142. The number of alkyl halides is 3. The fourth-order valence-electron chi connectivity index (χ4n) is 5.20. The van der Waals surface area contributed by atoms with Crippen LogP contribution in [0.3, 0.4) is 0 Å². The lowest BCUT2D eigenvalue weighted by atomic mass is 9.84. The number of esters is 1. The van der Waals surface area contributed by atoms with E-state index in [1.807, 2.05) is 6.92 Å². The largest absolute Gasteiger partial charge is 0.469 e. The molecule has 2 aromatic rings. The third kappa shape index (κ3) is 5.67. The number of amides is 1. The number of halogens is 5. The Morgan fingerprint density at radius 2 is 1.86 bits per heavy atom. The summed E-state index contributed by atoms with van der Waals surface area (Å²) in [5.74, 6) is -1.06. The molecule has 2 aliphatic rings. The van der Waals surface area contributed by atoms with Gasteiger partial charge in [-0.05, 0) is 49.3 Å². The van der Waals surface area contributed by atoms with Crippen LogP contribution in [0.5, 0.6) is 0 Å². The normalized spacial score (nSPS) is 21.4. The number of hydrogen-bond donors (Lipinski definition) is 0. The minimum atomic E-state index is -4.46. The van der Waals surface area contributed by atoms with Crippen LogP contribution in [0.15, 0.2) is 40.0 Å². The summed E-state index contributed by atoms with van der Waals surface area (Å²) in [5, 5.41) is 5.36. The topological polar surface area (TPSA) is 64.4 Å². The van der Waals surface area contributed by atoms with E-state index in [2.05, 4.69) is 5.10 Å². The summed E-state index contributed by atoms with van der Waals surface area (Å²) in [5.41, 5.74) is 0.749. The Kier molecular flexibility index (Phi) is 7.95. The van der Waals surface area contributed by atoms with Crippen molar-refractivity contribution in [3.8, 4) is 0 Å². The summed E-state index contributed by atoms with van der Waals surface area (Å²) in [6.45, 7) is 4.63. The van der Waals surface area contributed by atoms with Gasteiger partial charge in [-0.3, -0.25) is 14.3 Å². The Morgan fingerprint density at radius 3 is 2.49 bits per heavy atom. The molecule has 1 aromatic heterocycles. The lowest BCUT2D eigenvalue weighted by Crippen LogP contribution is -2.44. The van der Waals surface area contributed by atoms with Crippen molar-refractivity contribution in [1.82, 2.24) is 14.7 Å². The molecule has 1 aliphatic carbocycles. The van der Waals surface area contributed by atoms with Crippen molar-refractivity contribution in [3.63, 3.8) is 0 Å². The van der Waals surface area contributed by atoms with Gasteiger partial charge in [0.2, 0.25) is 5.91 Å². The summed E-state index contributed by atoms with van der Waals surface area (Å²) in [4.78, 5) is 26.9. The number of nitrogens with zero attached hydrogens (tertiary/aromatic N) is 3. The third-order valence-electron chi connectivity index (χ3n) is 7.22. The number of carbonyl (C=O) groups is 2. The monoisotopic (exact) mass is 557 g/mol. The zero-order chi connectivity index (χ0) is 27.1. The van der Waals surface area contributed by atoms with Gasteiger partial charge in [0.15, 0.2) is 0 Å². The number of benzene rings is 1. The first-order chi connectivity index (χ1) is 17.4. The molecule has 1 fully saturated rings. The number of aryl methyl sites for hydroxylation is 1. The maximum Gasteiger partial charge on any atom is 0.416 e. The fourth-order valence-corrected chi connectivity index (χ4v) is 6.06. The predicted octanol–water partition coefficient (Wildman–Crippen LogP) is 6.05. The summed E-state index contributed by atoms with van der Waals surface area (Å²) in [6, 6.07) is 2.16. The number of aromatic nitrogens is 2. The summed E-state index contributed by atoms with van der Waals surface area (Å²) >= 11 is 13.4. The van der Waals surface area contributed by atoms with Gasteiger partial charge in [0.1, 0.15) is 0 Å². The molecule has 11 heteroatoms. The maximum atomic E-state index is 13.5. The number of fused-ring (bicyclic) bond motifs is 1. The average molecular weight is 558 g/mol. The molecular weight excluding hydrogens is 530 g/mol. The minimum Gasteiger partial charge on any atom is -0.469 e. The number of hydrogen-bond acceptors (Lipinski definition) is 4. The van der Waals surface area contributed by atoms with Gasteiger partial charge in [-0.25, -0.2) is 0 Å². The van der Waals surface area contributed by atoms with Crippen molar-refractivity contribution < 1.29 is 27.5 Å². The molecule has 4 rings (SSSR count). The number of likely N-dealkylation sites (tertiary alicyclic amines) is 1. The molecule has 2 heterocycles. The standard InChI is InChI=1S/C26H28Cl2F3N3O3/c1-14-9-20(27)19(13-34-24-15(2)8-18(26(29,30)31)11-17(24)12-32-34)23(28)22(14)25(36)33-6-4-16(5-7-33)10-21(35)37-3/h8-9,11-12,14,16,22H,4-7,10,13H2,1-3H3. The molecule has 0 saturated carbocycles. The van der Waals surface area contributed by atoms with Gasteiger partial charge in [-0.15, -0.1) is 0 Å². The Labute approximate surface area is 223 Å². The van der Waals surface area contributed by atoms with Crippen LogP contribution in [0.4, 0.5) is 13.2 Å². The predicted molar refractivity (Wildman–Crippen MR) is 135 cm³/mol. The van der Waals surface area contributed by atoms with E-state index in [9.17, 15) is 22.8 Å². The first-order valence-corrected chi connectivity index (χ1v) is 12.8. The molecule has 1 aromatic carbocycles.